The maximum atomic E-state index is 12.5. The van der Waals surface area contributed by atoms with Crippen LogP contribution in [-0.2, 0) is 0 Å². The highest BCUT2D eigenvalue weighted by Gasteiger charge is 2.29. The molecule has 0 aliphatic carbocycles. The first-order valence-electron chi connectivity index (χ1n) is 7.58. The smallest absolute Gasteiger partial charge is 0.294 e. The van der Waals surface area contributed by atoms with E-state index in [1.54, 1.807) is 12.3 Å². The summed E-state index contributed by atoms with van der Waals surface area (Å²) in [6, 6.07) is 4.35. The first-order valence-corrected chi connectivity index (χ1v) is 7.58. The minimum absolute atomic E-state index is 0.117. The van der Waals surface area contributed by atoms with Gasteiger partial charge in [0.2, 0.25) is 0 Å². The third-order valence-electron chi connectivity index (χ3n) is 4.31. The molecule has 0 aliphatic rings. The molecule has 3 N–H and O–H groups in total. The highest BCUT2D eigenvalue weighted by atomic mass is 16.6. The Balaban J connectivity index is 2.37. The van der Waals surface area contributed by atoms with Gasteiger partial charge >= 0.3 is 0 Å². The lowest BCUT2D eigenvalue weighted by molar-refractivity contribution is -0.384. The molecule has 24 heavy (non-hydrogen) atoms. The van der Waals surface area contributed by atoms with Crippen LogP contribution in [0.15, 0.2) is 36.9 Å². The lowest BCUT2D eigenvalue weighted by atomic mass is 9.88. The number of carbonyl (C=O) groups is 1. The maximum absolute atomic E-state index is 12.5. The monoisotopic (exact) mass is 331 g/mol. The van der Waals surface area contributed by atoms with Gasteiger partial charge < -0.3 is 15.6 Å². The Bertz CT molecular complexity index is 742. The lowest BCUT2D eigenvalue weighted by Crippen LogP contribution is -2.55. The number of amides is 1. The zero-order chi connectivity index (χ0) is 17.9. The summed E-state index contributed by atoms with van der Waals surface area (Å²) in [5.41, 5.74) is 5.57. The van der Waals surface area contributed by atoms with Crippen molar-refractivity contribution in [2.45, 2.75) is 26.3 Å². The molecule has 8 heteroatoms. The normalized spacial score (nSPS) is 13.5. The van der Waals surface area contributed by atoms with Gasteiger partial charge in [-0.15, -0.1) is 0 Å². The molecular formula is C16H21N5O3. The summed E-state index contributed by atoms with van der Waals surface area (Å²) in [4.78, 5) is 27.2. The van der Waals surface area contributed by atoms with Crippen molar-refractivity contribution >= 4 is 11.6 Å². The Hall–Kier alpha value is -2.74. The SMILES string of the molecule is CC(C)C(C)(CN)NC(=O)c1ccc(-n2ccnc2)c([N+](=O)[O-])c1. The van der Waals surface area contributed by atoms with Gasteiger partial charge in [-0.3, -0.25) is 14.9 Å². The summed E-state index contributed by atoms with van der Waals surface area (Å²) in [5, 5.41) is 14.2. The number of benzene rings is 1. The van der Waals surface area contributed by atoms with E-state index in [9.17, 15) is 14.9 Å². The summed E-state index contributed by atoms with van der Waals surface area (Å²) < 4.78 is 1.53. The van der Waals surface area contributed by atoms with Gasteiger partial charge in [-0.1, -0.05) is 13.8 Å². The number of nitrogens with zero attached hydrogens (tertiary/aromatic N) is 3. The van der Waals surface area contributed by atoms with Gasteiger partial charge in [-0.25, -0.2) is 4.98 Å². The second-order valence-electron chi connectivity index (χ2n) is 6.16. The summed E-state index contributed by atoms with van der Waals surface area (Å²) in [7, 11) is 0. The van der Waals surface area contributed by atoms with Gasteiger partial charge in [0, 0.05) is 30.6 Å². The quantitative estimate of drug-likeness (QED) is 0.619. The number of nitro groups is 1. The molecule has 8 nitrogen and oxygen atoms in total. The van der Waals surface area contributed by atoms with Gasteiger partial charge in [0.15, 0.2) is 0 Å². The van der Waals surface area contributed by atoms with E-state index in [1.807, 2.05) is 20.8 Å². The predicted molar refractivity (Wildman–Crippen MR) is 90.0 cm³/mol. The second-order valence-corrected chi connectivity index (χ2v) is 6.16. The number of rotatable bonds is 6. The molecule has 2 rings (SSSR count). The number of nitrogens with one attached hydrogen (secondary N) is 1. The molecule has 2 aromatic rings. The van der Waals surface area contributed by atoms with Crippen LogP contribution in [0.3, 0.4) is 0 Å². The Morgan fingerprint density at radius 2 is 2.21 bits per heavy atom. The van der Waals surface area contributed by atoms with Gasteiger partial charge in [0.05, 0.1) is 16.8 Å². The molecule has 128 valence electrons. The van der Waals surface area contributed by atoms with Crippen LogP contribution in [0.2, 0.25) is 0 Å². The Labute approximate surface area is 139 Å². The van der Waals surface area contributed by atoms with Crippen LogP contribution in [0.4, 0.5) is 5.69 Å². The molecule has 0 radical (unpaired) electrons. The molecule has 1 amide bonds. The number of nitro benzene ring substituents is 1. The van der Waals surface area contributed by atoms with Crippen molar-refractivity contribution in [1.29, 1.82) is 0 Å². The molecule has 1 aromatic carbocycles. The van der Waals surface area contributed by atoms with Gasteiger partial charge in [0.1, 0.15) is 5.69 Å². The van der Waals surface area contributed by atoms with E-state index < -0.39 is 16.4 Å². The van der Waals surface area contributed by atoms with Gasteiger partial charge in [-0.2, -0.15) is 0 Å². The molecule has 1 unspecified atom stereocenters. The molecule has 1 atom stereocenters. The van der Waals surface area contributed by atoms with Crippen LogP contribution in [0.1, 0.15) is 31.1 Å². The standard InChI is InChI=1S/C16H21N5O3/c1-11(2)16(3,9-17)19-15(22)12-4-5-13(14(8-12)21(23)24)20-7-6-18-10-20/h4-8,10-11H,9,17H2,1-3H3,(H,19,22). The third-order valence-corrected chi connectivity index (χ3v) is 4.31. The topological polar surface area (TPSA) is 116 Å². The molecule has 0 spiro atoms. The van der Waals surface area contributed by atoms with Crippen molar-refractivity contribution in [3.8, 4) is 5.69 Å². The Kier molecular flexibility index (Phi) is 4.99. The average Bonchev–Trinajstić information content (AvgIpc) is 3.08. The van der Waals surface area contributed by atoms with Crippen LogP contribution in [0.25, 0.3) is 5.69 Å². The zero-order valence-electron chi connectivity index (χ0n) is 13.9. The number of hydrogen-bond acceptors (Lipinski definition) is 5. The fraction of sp³-hybridized carbons (Fsp3) is 0.375. The largest absolute Gasteiger partial charge is 0.345 e. The van der Waals surface area contributed by atoms with Gasteiger partial charge in [0.25, 0.3) is 11.6 Å². The fourth-order valence-electron chi connectivity index (χ4n) is 2.19. The van der Waals surface area contributed by atoms with E-state index in [4.69, 9.17) is 5.73 Å². The summed E-state index contributed by atoms with van der Waals surface area (Å²) in [6.45, 7) is 6.03. The van der Waals surface area contributed by atoms with E-state index >= 15 is 0 Å². The van der Waals surface area contributed by atoms with Crippen LogP contribution < -0.4 is 11.1 Å². The number of hydrogen-bond donors (Lipinski definition) is 2. The van der Waals surface area contributed by atoms with E-state index in [-0.39, 0.29) is 23.7 Å². The second kappa shape index (κ2) is 6.79. The molecule has 0 saturated heterocycles. The Morgan fingerprint density at radius 3 is 2.71 bits per heavy atom. The number of nitrogens with two attached hydrogens (primary N) is 1. The molecule has 0 aliphatic heterocycles. The van der Waals surface area contributed by atoms with E-state index in [0.717, 1.165) is 0 Å². The highest BCUT2D eigenvalue weighted by Crippen LogP contribution is 2.25. The zero-order valence-corrected chi connectivity index (χ0v) is 13.9. The van der Waals surface area contributed by atoms with Crippen LogP contribution in [-0.4, -0.2) is 32.5 Å². The summed E-state index contributed by atoms with van der Waals surface area (Å²) >= 11 is 0. The minimum atomic E-state index is -0.588. The van der Waals surface area contributed by atoms with E-state index in [2.05, 4.69) is 10.3 Å². The van der Waals surface area contributed by atoms with Crippen molar-refractivity contribution < 1.29 is 9.72 Å². The molecule has 1 aromatic heterocycles. The van der Waals surface area contributed by atoms with Crippen molar-refractivity contribution in [2.75, 3.05) is 6.54 Å². The minimum Gasteiger partial charge on any atom is -0.345 e. The summed E-state index contributed by atoms with van der Waals surface area (Å²) in [6.07, 6.45) is 4.60. The molecule has 0 bridgehead atoms. The molecule has 0 saturated carbocycles. The van der Waals surface area contributed by atoms with Crippen molar-refractivity contribution in [3.63, 3.8) is 0 Å². The van der Waals surface area contributed by atoms with Gasteiger partial charge in [-0.05, 0) is 25.0 Å². The first kappa shape index (κ1) is 17.6. The highest BCUT2D eigenvalue weighted by molar-refractivity contribution is 5.95. The molecular weight excluding hydrogens is 310 g/mol. The van der Waals surface area contributed by atoms with Crippen molar-refractivity contribution in [3.05, 3.63) is 52.6 Å². The lowest BCUT2D eigenvalue weighted by Gasteiger charge is -2.33. The maximum Gasteiger partial charge on any atom is 0.294 e. The third kappa shape index (κ3) is 3.43. The van der Waals surface area contributed by atoms with Crippen LogP contribution in [0, 0.1) is 16.0 Å². The summed E-state index contributed by atoms with van der Waals surface area (Å²) in [5.74, 6) is -0.274. The number of aromatic nitrogens is 2. The molecule has 1 heterocycles. The number of carbonyl (C=O) groups excluding carboxylic acids is 1. The average molecular weight is 331 g/mol. The predicted octanol–water partition coefficient (Wildman–Crippen LogP) is 1.88. The fourth-order valence-corrected chi connectivity index (χ4v) is 2.19. The van der Waals surface area contributed by atoms with Crippen LogP contribution >= 0.6 is 0 Å². The first-order chi connectivity index (χ1) is 11.3. The molecule has 0 fully saturated rings. The van der Waals surface area contributed by atoms with Crippen molar-refractivity contribution in [2.24, 2.45) is 11.7 Å². The van der Waals surface area contributed by atoms with E-state index in [0.29, 0.717) is 5.69 Å². The number of imidazole rings is 1. The van der Waals surface area contributed by atoms with E-state index in [1.165, 1.54) is 29.2 Å². The van der Waals surface area contributed by atoms with Crippen molar-refractivity contribution in [1.82, 2.24) is 14.9 Å². The Morgan fingerprint density at radius 1 is 1.50 bits per heavy atom. The van der Waals surface area contributed by atoms with Crippen LogP contribution in [0.5, 0.6) is 0 Å².